The minimum Gasteiger partial charge on any atom is -0.437 e. The highest BCUT2D eigenvalue weighted by molar-refractivity contribution is 5.80. The number of nitrogens with two attached hydrogens (primary N) is 1. The van der Waals surface area contributed by atoms with Gasteiger partial charge < -0.3 is 25.2 Å². The number of hydrogen-bond donors (Lipinski definition) is 2. The summed E-state index contributed by atoms with van der Waals surface area (Å²) in [7, 11) is 0. The topological polar surface area (TPSA) is 123 Å². The lowest BCUT2D eigenvalue weighted by molar-refractivity contribution is -0.164. The number of carbonyl (C=O) groups is 1. The molecule has 10 nitrogen and oxygen atoms in total. The predicted molar refractivity (Wildman–Crippen MR) is 178 cm³/mol. The molecule has 0 spiro atoms. The average Bonchev–Trinajstić information content (AvgIpc) is 3.10. The van der Waals surface area contributed by atoms with Crippen LogP contribution < -0.4 is 16.0 Å². The van der Waals surface area contributed by atoms with Gasteiger partial charge in [-0.1, -0.05) is 48.5 Å². The van der Waals surface area contributed by atoms with Crippen molar-refractivity contribution < 1.29 is 28.2 Å². The standard InChI is InChI=1S/C37H39F2N5O5/c38-26-10-12-27(13-11-26)49-33-32(40)35(46)43(24-41-33)21-36(47)15-18-42(19-16-36)34(45)28-14-17-44(20-29(28)25-6-2-1-3-7-25)37(22-48-23-37)30-8-4-5-9-31(30)39/h1-13,24,28-29,47H,14-23,40H2/t28-,29+/m1/s1. The lowest BCUT2D eigenvalue weighted by atomic mass is 9.75. The Morgan fingerprint density at radius 2 is 1.67 bits per heavy atom. The Labute approximate surface area is 282 Å². The van der Waals surface area contributed by atoms with Gasteiger partial charge in [-0.05, 0) is 61.7 Å². The van der Waals surface area contributed by atoms with Crippen molar-refractivity contribution in [1.82, 2.24) is 19.4 Å². The molecule has 0 aliphatic carbocycles. The summed E-state index contributed by atoms with van der Waals surface area (Å²) >= 11 is 0. The van der Waals surface area contributed by atoms with Crippen molar-refractivity contribution in [2.75, 3.05) is 45.1 Å². The second kappa shape index (κ2) is 13.3. The smallest absolute Gasteiger partial charge is 0.280 e. The van der Waals surface area contributed by atoms with Crippen LogP contribution in [0.1, 0.15) is 36.3 Å². The van der Waals surface area contributed by atoms with Gasteiger partial charge in [-0.25, -0.2) is 13.8 Å². The summed E-state index contributed by atoms with van der Waals surface area (Å²) in [5.41, 5.74) is 5.10. The minimum absolute atomic E-state index is 0.0331. The number of ether oxygens (including phenoxy) is 2. The second-order valence-electron chi connectivity index (χ2n) is 13.4. The molecular weight excluding hydrogens is 632 g/mol. The normalized spacial score (nSPS) is 21.9. The van der Waals surface area contributed by atoms with Crippen LogP contribution in [0.5, 0.6) is 11.6 Å². The van der Waals surface area contributed by atoms with E-state index in [9.17, 15) is 19.1 Å². The summed E-state index contributed by atoms with van der Waals surface area (Å²) in [6, 6.07) is 22.1. The molecule has 3 fully saturated rings. The van der Waals surface area contributed by atoms with Gasteiger partial charge >= 0.3 is 0 Å². The van der Waals surface area contributed by atoms with Gasteiger partial charge in [-0.2, -0.15) is 0 Å². The van der Waals surface area contributed by atoms with E-state index in [-0.39, 0.29) is 60.3 Å². The van der Waals surface area contributed by atoms with Crippen molar-refractivity contribution in [1.29, 1.82) is 0 Å². The number of anilines is 1. The molecule has 3 aromatic carbocycles. The molecule has 2 atom stereocenters. The van der Waals surface area contributed by atoms with Gasteiger partial charge in [0.25, 0.3) is 5.56 Å². The molecule has 12 heteroatoms. The SMILES string of the molecule is Nc1c(Oc2ccc(F)cc2)ncn(CC2(O)CCN(C(=O)[C@@H]3CCN(C4(c5ccccc5F)COC4)C[C@H]3c3ccccc3)CC2)c1=O. The first-order valence-corrected chi connectivity index (χ1v) is 16.6. The molecule has 3 N–H and O–H groups in total. The summed E-state index contributed by atoms with van der Waals surface area (Å²) in [4.78, 5) is 35.6. The zero-order valence-corrected chi connectivity index (χ0v) is 27.0. The van der Waals surface area contributed by atoms with Crippen LogP contribution in [0.2, 0.25) is 0 Å². The Bertz CT molecular complexity index is 1860. The third-order valence-corrected chi connectivity index (χ3v) is 10.4. The maximum absolute atomic E-state index is 15.1. The maximum atomic E-state index is 15.1. The van der Waals surface area contributed by atoms with E-state index in [0.717, 1.165) is 5.56 Å². The van der Waals surface area contributed by atoms with E-state index in [4.69, 9.17) is 15.2 Å². The fourth-order valence-corrected chi connectivity index (χ4v) is 7.47. The largest absolute Gasteiger partial charge is 0.437 e. The molecule has 49 heavy (non-hydrogen) atoms. The number of aromatic nitrogens is 2. The minimum atomic E-state index is -1.26. The lowest BCUT2D eigenvalue weighted by Crippen LogP contribution is -2.63. The number of carbonyl (C=O) groups excluding carboxylic acids is 1. The molecule has 0 bridgehead atoms. The van der Waals surface area contributed by atoms with E-state index in [1.807, 2.05) is 47.4 Å². The predicted octanol–water partition coefficient (Wildman–Crippen LogP) is 4.28. The Kier molecular flexibility index (Phi) is 8.95. The van der Waals surface area contributed by atoms with Crippen LogP contribution in [-0.2, 0) is 21.6 Å². The zero-order chi connectivity index (χ0) is 34.2. The third kappa shape index (κ3) is 6.43. The van der Waals surface area contributed by atoms with E-state index in [1.165, 1.54) is 41.2 Å². The molecule has 4 heterocycles. The van der Waals surface area contributed by atoms with Gasteiger partial charge in [0.05, 0.1) is 30.9 Å². The van der Waals surface area contributed by atoms with Gasteiger partial charge in [-0.15, -0.1) is 0 Å². The summed E-state index contributed by atoms with van der Waals surface area (Å²) < 4.78 is 40.8. The highest BCUT2D eigenvalue weighted by Crippen LogP contribution is 2.44. The highest BCUT2D eigenvalue weighted by atomic mass is 19.1. The molecule has 256 valence electrons. The second-order valence-corrected chi connectivity index (χ2v) is 13.4. The number of aliphatic hydroxyl groups is 1. The number of piperidine rings is 2. The molecule has 3 aliphatic rings. The number of likely N-dealkylation sites (tertiary alicyclic amines) is 2. The number of amides is 1. The fraction of sp³-hybridized carbons (Fsp3) is 0.378. The number of hydrogen-bond acceptors (Lipinski definition) is 8. The summed E-state index contributed by atoms with van der Waals surface area (Å²) in [6.45, 7) is 2.59. The summed E-state index contributed by atoms with van der Waals surface area (Å²) in [5, 5.41) is 11.5. The van der Waals surface area contributed by atoms with Crippen molar-refractivity contribution in [2.45, 2.75) is 42.9 Å². The number of benzene rings is 3. The van der Waals surface area contributed by atoms with Gasteiger partial charge in [0, 0.05) is 37.0 Å². The van der Waals surface area contributed by atoms with Crippen molar-refractivity contribution in [2.24, 2.45) is 5.92 Å². The van der Waals surface area contributed by atoms with E-state index < -0.39 is 22.5 Å². The van der Waals surface area contributed by atoms with Crippen LogP contribution >= 0.6 is 0 Å². The summed E-state index contributed by atoms with van der Waals surface area (Å²) in [6.07, 6.45) is 2.40. The molecule has 1 amide bonds. The lowest BCUT2D eigenvalue weighted by Gasteiger charge is -2.54. The first kappa shape index (κ1) is 32.9. The Morgan fingerprint density at radius 1 is 0.980 bits per heavy atom. The molecule has 0 radical (unpaired) electrons. The van der Waals surface area contributed by atoms with Gasteiger partial charge in [0.1, 0.15) is 23.7 Å². The molecule has 7 rings (SSSR count). The quantitative estimate of drug-likeness (QED) is 0.285. The van der Waals surface area contributed by atoms with E-state index >= 15 is 4.39 Å². The van der Waals surface area contributed by atoms with Gasteiger partial charge in [0.2, 0.25) is 11.8 Å². The Morgan fingerprint density at radius 3 is 2.35 bits per heavy atom. The van der Waals surface area contributed by atoms with Crippen molar-refractivity contribution in [3.05, 3.63) is 118 Å². The van der Waals surface area contributed by atoms with Gasteiger partial charge in [0.15, 0.2) is 5.69 Å². The van der Waals surface area contributed by atoms with Crippen LogP contribution in [0.15, 0.2) is 90.0 Å². The molecular formula is C37H39F2N5O5. The third-order valence-electron chi connectivity index (χ3n) is 10.4. The van der Waals surface area contributed by atoms with Crippen LogP contribution in [-0.4, -0.2) is 75.4 Å². The fourth-order valence-electron chi connectivity index (χ4n) is 7.47. The number of halogens is 2. The van der Waals surface area contributed by atoms with Crippen LogP contribution in [0, 0.1) is 17.6 Å². The van der Waals surface area contributed by atoms with Gasteiger partial charge in [-0.3, -0.25) is 19.1 Å². The van der Waals surface area contributed by atoms with Crippen LogP contribution in [0.25, 0.3) is 0 Å². The Balaban J connectivity index is 1.03. The molecule has 0 saturated carbocycles. The van der Waals surface area contributed by atoms with Crippen molar-refractivity contribution in [3.63, 3.8) is 0 Å². The van der Waals surface area contributed by atoms with E-state index in [1.54, 1.807) is 6.07 Å². The molecule has 4 aromatic rings. The number of nitrogen functional groups attached to an aromatic ring is 1. The highest BCUT2D eigenvalue weighted by Gasteiger charge is 2.51. The van der Waals surface area contributed by atoms with E-state index in [2.05, 4.69) is 9.88 Å². The summed E-state index contributed by atoms with van der Waals surface area (Å²) in [5.74, 6) is -0.888. The first-order valence-electron chi connectivity index (χ1n) is 16.6. The number of nitrogens with zero attached hydrogens (tertiary/aromatic N) is 4. The average molecular weight is 672 g/mol. The van der Waals surface area contributed by atoms with Crippen LogP contribution in [0.4, 0.5) is 14.5 Å². The molecule has 0 unspecified atom stereocenters. The number of rotatable bonds is 8. The monoisotopic (exact) mass is 671 g/mol. The zero-order valence-electron chi connectivity index (χ0n) is 27.0. The molecule has 3 saturated heterocycles. The first-order chi connectivity index (χ1) is 23.7. The molecule has 3 aliphatic heterocycles. The Hall–Kier alpha value is -4.65. The van der Waals surface area contributed by atoms with Crippen molar-refractivity contribution >= 4 is 11.6 Å². The van der Waals surface area contributed by atoms with Crippen LogP contribution in [0.3, 0.4) is 0 Å². The van der Waals surface area contributed by atoms with Crippen molar-refractivity contribution in [3.8, 4) is 11.6 Å². The van der Waals surface area contributed by atoms with E-state index in [0.29, 0.717) is 51.4 Å². The maximum Gasteiger partial charge on any atom is 0.280 e. The molecule has 1 aromatic heterocycles.